The van der Waals surface area contributed by atoms with Gasteiger partial charge in [-0.1, -0.05) is 321 Å². The van der Waals surface area contributed by atoms with Gasteiger partial charge in [0.05, 0.1) is 39.9 Å². The number of aliphatic hydroxyl groups excluding tert-OH is 1. The van der Waals surface area contributed by atoms with Crippen LogP contribution in [0.15, 0.2) is 134 Å². The molecule has 0 aliphatic heterocycles. The first kappa shape index (κ1) is 83.6. The van der Waals surface area contributed by atoms with Crippen molar-refractivity contribution in [1.29, 1.82) is 0 Å². The van der Waals surface area contributed by atoms with Gasteiger partial charge in [0.25, 0.3) is 0 Å². The average Bonchev–Trinajstić information content (AvgIpc) is 3.69. The predicted molar refractivity (Wildman–Crippen MR) is 382 cm³/mol. The number of allylic oxidation sites excluding steroid dienone is 21. The number of carbonyl (C=O) groups excluding carboxylic acids is 1. The fraction of sp³-hybridized carbons (Fsp3) is 0.705. The Morgan fingerprint density at radius 1 is 0.402 bits per heavy atom. The van der Waals surface area contributed by atoms with Crippen molar-refractivity contribution in [2.75, 3.05) is 40.9 Å². The van der Waals surface area contributed by atoms with Crippen LogP contribution in [0, 0.1) is 0 Å². The molecular formula is C78H138N2O6P+. The first-order valence-electron chi connectivity index (χ1n) is 36.1. The van der Waals surface area contributed by atoms with Gasteiger partial charge in [-0.3, -0.25) is 13.8 Å². The second-order valence-corrected chi connectivity index (χ2v) is 26.7. The molecule has 1 amide bonds. The van der Waals surface area contributed by atoms with Crippen LogP contribution in [0.3, 0.4) is 0 Å². The number of rotatable bonds is 65. The summed E-state index contributed by atoms with van der Waals surface area (Å²) in [6.45, 7) is 4.69. The molecule has 0 heterocycles. The summed E-state index contributed by atoms with van der Waals surface area (Å²) in [4.78, 5) is 23.4. The lowest BCUT2D eigenvalue weighted by atomic mass is 10.0. The Morgan fingerprint density at radius 2 is 0.701 bits per heavy atom. The van der Waals surface area contributed by atoms with Crippen molar-refractivity contribution in [3.63, 3.8) is 0 Å². The van der Waals surface area contributed by atoms with E-state index < -0.39 is 20.0 Å². The molecule has 0 spiro atoms. The van der Waals surface area contributed by atoms with Crippen molar-refractivity contribution in [1.82, 2.24) is 5.32 Å². The van der Waals surface area contributed by atoms with Crippen LogP contribution >= 0.6 is 7.82 Å². The third-order valence-corrected chi connectivity index (χ3v) is 16.6. The monoisotopic (exact) mass is 1230 g/mol. The third kappa shape index (κ3) is 70.0. The van der Waals surface area contributed by atoms with E-state index in [1.807, 2.05) is 27.2 Å². The third-order valence-electron chi connectivity index (χ3n) is 15.6. The van der Waals surface area contributed by atoms with E-state index in [-0.39, 0.29) is 19.1 Å². The van der Waals surface area contributed by atoms with Gasteiger partial charge in [0.1, 0.15) is 13.2 Å². The quantitative estimate of drug-likeness (QED) is 0.0243. The molecule has 0 bridgehead atoms. The van der Waals surface area contributed by atoms with Gasteiger partial charge in [-0.25, -0.2) is 4.57 Å². The maximum absolute atomic E-state index is 13.1. The number of nitrogens with zero attached hydrogens (tertiary/aromatic N) is 1. The predicted octanol–water partition coefficient (Wildman–Crippen LogP) is 23.4. The molecule has 0 aliphatic rings. The molecule has 8 nitrogen and oxygen atoms in total. The van der Waals surface area contributed by atoms with Crippen molar-refractivity contribution in [3.8, 4) is 0 Å². The van der Waals surface area contributed by atoms with Crippen LogP contribution in [-0.4, -0.2) is 73.4 Å². The molecule has 3 unspecified atom stereocenters. The number of unbranched alkanes of at least 4 members (excludes halogenated alkanes) is 32. The maximum Gasteiger partial charge on any atom is 0.472 e. The number of phosphoric acid groups is 1. The Kier molecular flexibility index (Phi) is 64.5. The first-order chi connectivity index (χ1) is 42.5. The second kappa shape index (κ2) is 67.0. The number of aliphatic hydroxyl groups is 1. The van der Waals surface area contributed by atoms with Crippen LogP contribution in [0.4, 0.5) is 0 Å². The highest BCUT2D eigenvalue weighted by Gasteiger charge is 2.28. The van der Waals surface area contributed by atoms with Crippen LogP contribution in [0.5, 0.6) is 0 Å². The second-order valence-electron chi connectivity index (χ2n) is 25.2. The molecule has 0 aromatic rings. The van der Waals surface area contributed by atoms with Gasteiger partial charge in [-0.2, -0.15) is 0 Å². The van der Waals surface area contributed by atoms with Crippen LogP contribution in [0.2, 0.25) is 0 Å². The van der Waals surface area contributed by atoms with Gasteiger partial charge in [0.15, 0.2) is 0 Å². The smallest absolute Gasteiger partial charge is 0.387 e. The Labute approximate surface area is 538 Å². The molecule has 0 rings (SSSR count). The van der Waals surface area contributed by atoms with E-state index in [2.05, 4.69) is 141 Å². The summed E-state index contributed by atoms with van der Waals surface area (Å²) in [5.74, 6) is -0.194. The molecule has 0 saturated carbocycles. The molecular weight excluding hydrogens is 1090 g/mol. The van der Waals surface area contributed by atoms with E-state index in [1.165, 1.54) is 186 Å². The molecule has 0 saturated heterocycles. The number of quaternary nitrogens is 1. The van der Waals surface area contributed by atoms with E-state index in [9.17, 15) is 19.4 Å². The van der Waals surface area contributed by atoms with E-state index in [4.69, 9.17) is 9.05 Å². The minimum absolute atomic E-state index is 0.0486. The average molecular weight is 1230 g/mol. The summed E-state index contributed by atoms with van der Waals surface area (Å²) in [5, 5.41) is 14.0. The fourth-order valence-corrected chi connectivity index (χ4v) is 10.8. The zero-order valence-corrected chi connectivity index (χ0v) is 58.1. The van der Waals surface area contributed by atoms with Crippen molar-refractivity contribution < 1.29 is 32.9 Å². The molecule has 0 radical (unpaired) electrons. The van der Waals surface area contributed by atoms with Gasteiger partial charge < -0.3 is 19.8 Å². The van der Waals surface area contributed by atoms with Crippen molar-refractivity contribution in [2.45, 2.75) is 315 Å². The molecule has 9 heteroatoms. The Hall–Kier alpha value is -3.36. The standard InChI is InChI=1S/C78H137N2O6P/c1-6-8-10-12-14-16-18-20-22-24-26-28-30-32-34-35-36-37-38-39-40-41-42-43-44-45-46-48-50-52-54-56-58-60-62-64-66-68-70-72-78(82)79-76(75-86-87(83,84)85-74-73-80(3,4)5)77(81)71-69-67-65-63-61-59-57-55-53-51-49-47-33-31-29-27-25-23-21-19-17-15-13-11-9-7-2/h8,10,14,16,20,22,26,28,32,34,36-37,39-40,42-43,53,55,61,63,69,71,76-77,81H,6-7,9,11-13,15,17-19,21,23-25,27,29-31,33,35,38,41,44-52,54,56-60,62,64-68,70,72-75H2,1-5H3,(H-,79,82,83,84)/p+1/b10-8-,16-14-,22-20-,28-26-,34-32-,37-36-,40-39-,43-42-,55-53+,63-61+,71-69+. The minimum Gasteiger partial charge on any atom is -0.387 e. The largest absolute Gasteiger partial charge is 0.472 e. The molecule has 0 fully saturated rings. The minimum atomic E-state index is -4.37. The van der Waals surface area contributed by atoms with Crippen molar-refractivity contribution >= 4 is 13.7 Å². The fourth-order valence-electron chi connectivity index (χ4n) is 10.0. The van der Waals surface area contributed by atoms with Crippen LogP contribution < -0.4 is 5.32 Å². The van der Waals surface area contributed by atoms with Gasteiger partial charge in [-0.05, 0) is 109 Å². The number of likely N-dealkylation sites (N-methyl/N-ethyl adjacent to an activating group) is 1. The summed E-state index contributed by atoms with van der Waals surface area (Å²) in [6.07, 6.45) is 102. The highest BCUT2D eigenvalue weighted by atomic mass is 31.2. The molecule has 3 atom stereocenters. The normalized spacial score (nSPS) is 14.4. The zero-order valence-electron chi connectivity index (χ0n) is 57.2. The number of hydrogen-bond donors (Lipinski definition) is 3. The molecule has 0 aromatic carbocycles. The molecule has 3 N–H and O–H groups in total. The molecule has 500 valence electrons. The number of phosphoric ester groups is 1. The number of amides is 1. The summed E-state index contributed by atoms with van der Waals surface area (Å²) < 4.78 is 23.8. The number of carbonyl (C=O) groups is 1. The zero-order chi connectivity index (χ0) is 63.4. The van der Waals surface area contributed by atoms with Gasteiger partial charge in [0, 0.05) is 6.42 Å². The van der Waals surface area contributed by atoms with Gasteiger partial charge in [-0.15, -0.1) is 0 Å². The van der Waals surface area contributed by atoms with Gasteiger partial charge in [0.2, 0.25) is 5.91 Å². The van der Waals surface area contributed by atoms with E-state index in [1.54, 1.807) is 6.08 Å². The van der Waals surface area contributed by atoms with Crippen LogP contribution in [0.1, 0.15) is 303 Å². The highest BCUT2D eigenvalue weighted by Crippen LogP contribution is 2.43. The Morgan fingerprint density at radius 3 is 1.06 bits per heavy atom. The van der Waals surface area contributed by atoms with E-state index >= 15 is 0 Å². The summed E-state index contributed by atoms with van der Waals surface area (Å²) in [7, 11) is 1.54. The highest BCUT2D eigenvalue weighted by molar-refractivity contribution is 7.47. The van der Waals surface area contributed by atoms with Crippen molar-refractivity contribution in [3.05, 3.63) is 134 Å². The lowest BCUT2D eigenvalue weighted by molar-refractivity contribution is -0.870. The van der Waals surface area contributed by atoms with Crippen LogP contribution in [-0.2, 0) is 18.4 Å². The summed E-state index contributed by atoms with van der Waals surface area (Å²) >= 11 is 0. The topological polar surface area (TPSA) is 105 Å². The Balaban J connectivity index is 4.12. The molecule has 0 aliphatic carbocycles. The van der Waals surface area contributed by atoms with Gasteiger partial charge >= 0.3 is 7.82 Å². The SMILES string of the molecule is CC/C=C\C/C=C\C/C=C\C/C=C\C/C=C\C/C=C\C/C=C\C/C=C\CCCCCCCCCCCCCCCCC(=O)NC(COP(=O)(O)OCC[N+](C)(C)C)C(O)/C=C/CC/C=C/CC/C=C/CCCCCCCCCCCCCCCCCC. The van der Waals surface area contributed by atoms with Crippen LogP contribution in [0.25, 0.3) is 0 Å². The Bertz CT molecular complexity index is 1880. The number of hydrogen-bond acceptors (Lipinski definition) is 5. The lowest BCUT2D eigenvalue weighted by Crippen LogP contribution is -2.45. The van der Waals surface area contributed by atoms with E-state index in [0.717, 1.165) is 96.3 Å². The van der Waals surface area contributed by atoms with E-state index in [0.29, 0.717) is 17.4 Å². The summed E-state index contributed by atoms with van der Waals surface area (Å²) in [6, 6.07) is -0.880. The number of nitrogens with one attached hydrogen (secondary N) is 1. The lowest BCUT2D eigenvalue weighted by Gasteiger charge is -2.25. The summed E-state index contributed by atoms with van der Waals surface area (Å²) in [5.41, 5.74) is 0. The first-order valence-corrected chi connectivity index (χ1v) is 37.6. The van der Waals surface area contributed by atoms with Crippen molar-refractivity contribution in [2.24, 2.45) is 0 Å². The molecule has 0 aromatic heterocycles. The maximum atomic E-state index is 13.1. The molecule has 87 heavy (non-hydrogen) atoms.